The first-order valence-corrected chi connectivity index (χ1v) is 12.2. The van der Waals surface area contributed by atoms with Crippen LogP contribution in [0.15, 0.2) is 89.7 Å². The molecule has 0 aliphatic carbocycles. The predicted octanol–water partition coefficient (Wildman–Crippen LogP) is 4.73. The lowest BCUT2D eigenvalue weighted by atomic mass is 9.80. The lowest BCUT2D eigenvalue weighted by Crippen LogP contribution is -2.45. The largest absolute Gasteiger partial charge is 0.481 e. The van der Waals surface area contributed by atoms with Gasteiger partial charge in [0.15, 0.2) is 6.10 Å². The number of nitrogens with zero attached hydrogens (tertiary/aromatic N) is 2. The maximum atomic E-state index is 13.6. The molecule has 3 atom stereocenters. The van der Waals surface area contributed by atoms with Gasteiger partial charge in [-0.15, -0.1) is 0 Å². The molecule has 0 aliphatic heterocycles. The Morgan fingerprint density at radius 1 is 0.972 bits per heavy atom. The third kappa shape index (κ3) is 5.02. The van der Waals surface area contributed by atoms with Crippen molar-refractivity contribution < 1.29 is 14.6 Å². The first-order valence-electron chi connectivity index (χ1n) is 12.2. The van der Waals surface area contributed by atoms with E-state index in [1.165, 1.54) is 4.68 Å². The number of aromatic nitrogens is 2. The van der Waals surface area contributed by atoms with E-state index in [0.717, 1.165) is 0 Å². The van der Waals surface area contributed by atoms with Crippen LogP contribution in [-0.2, 0) is 10.4 Å². The summed E-state index contributed by atoms with van der Waals surface area (Å²) in [5.41, 5.74) is 2.17. The van der Waals surface area contributed by atoms with Crippen LogP contribution in [0.25, 0.3) is 10.9 Å². The summed E-state index contributed by atoms with van der Waals surface area (Å²) in [5.74, 6) is -0.233. The fraction of sp³-hybridized carbons (Fsp3) is 0.276. The monoisotopic (exact) mass is 485 g/mol. The van der Waals surface area contributed by atoms with E-state index in [2.05, 4.69) is 5.43 Å². The number of amides is 1. The second-order valence-electron chi connectivity index (χ2n) is 8.91. The molecule has 4 rings (SSSR count). The molecular formula is C29H31N3O4. The lowest BCUT2D eigenvalue weighted by molar-refractivity contribution is -0.123. The highest BCUT2D eigenvalue weighted by Crippen LogP contribution is 2.38. The highest BCUT2D eigenvalue weighted by molar-refractivity contribution is 5.88. The average Bonchev–Trinajstić information content (AvgIpc) is 2.90. The first kappa shape index (κ1) is 25.1. The van der Waals surface area contributed by atoms with Crippen LogP contribution in [0.2, 0.25) is 0 Å². The fourth-order valence-electron chi connectivity index (χ4n) is 4.47. The maximum absolute atomic E-state index is 13.6. The van der Waals surface area contributed by atoms with Crippen LogP contribution >= 0.6 is 0 Å². The van der Waals surface area contributed by atoms with Crippen LogP contribution in [0.5, 0.6) is 5.75 Å². The number of benzene rings is 3. The number of nitrogens with one attached hydrogen (secondary N) is 1. The molecule has 3 unspecified atom stereocenters. The number of hydrogen-bond acceptors (Lipinski definition) is 5. The van der Waals surface area contributed by atoms with Crippen molar-refractivity contribution >= 4 is 16.8 Å². The molecule has 0 saturated heterocycles. The minimum Gasteiger partial charge on any atom is -0.481 e. The Kier molecular flexibility index (Phi) is 7.50. The zero-order valence-corrected chi connectivity index (χ0v) is 20.7. The molecule has 0 saturated carbocycles. The van der Waals surface area contributed by atoms with Crippen molar-refractivity contribution in [1.82, 2.24) is 9.66 Å². The molecule has 1 amide bonds. The number of carbonyl (C=O) groups excluding carboxylic acids is 1. The van der Waals surface area contributed by atoms with E-state index in [9.17, 15) is 14.7 Å². The van der Waals surface area contributed by atoms with E-state index >= 15 is 0 Å². The standard InChI is InChI=1S/C29H31N3O4/c1-4-23(29(3,35)20-14-8-6-9-15-20)26-30-24-19-13-12-18-22(24)28(34)32(26)31-27(33)25(5-2)36-21-16-10-7-11-17-21/h6-19,23,25,35H,4-5H2,1-3H3,(H,31,33). The molecule has 186 valence electrons. The summed E-state index contributed by atoms with van der Waals surface area (Å²) in [4.78, 5) is 31.7. The summed E-state index contributed by atoms with van der Waals surface area (Å²) in [6.07, 6.45) is 0.0405. The minimum absolute atomic E-state index is 0.276. The zero-order chi connectivity index (χ0) is 25.7. The van der Waals surface area contributed by atoms with Crippen LogP contribution in [0.4, 0.5) is 0 Å². The molecule has 36 heavy (non-hydrogen) atoms. The normalized spacial score (nSPS) is 14.6. The van der Waals surface area contributed by atoms with Gasteiger partial charge in [0.05, 0.1) is 22.4 Å². The van der Waals surface area contributed by atoms with E-state index in [1.54, 1.807) is 43.3 Å². The number of rotatable bonds is 9. The molecule has 0 fully saturated rings. The van der Waals surface area contributed by atoms with Crippen molar-refractivity contribution in [2.24, 2.45) is 0 Å². The molecule has 4 aromatic rings. The maximum Gasteiger partial charge on any atom is 0.280 e. The van der Waals surface area contributed by atoms with E-state index in [1.807, 2.05) is 62.4 Å². The highest BCUT2D eigenvalue weighted by atomic mass is 16.5. The molecule has 0 radical (unpaired) electrons. The van der Waals surface area contributed by atoms with Gasteiger partial charge in [-0.25, -0.2) is 9.66 Å². The van der Waals surface area contributed by atoms with Crippen molar-refractivity contribution in [3.63, 3.8) is 0 Å². The smallest absolute Gasteiger partial charge is 0.280 e. The van der Waals surface area contributed by atoms with Crippen molar-refractivity contribution in [2.75, 3.05) is 5.43 Å². The van der Waals surface area contributed by atoms with Crippen LogP contribution in [-0.4, -0.2) is 26.8 Å². The van der Waals surface area contributed by atoms with E-state index in [-0.39, 0.29) is 5.82 Å². The van der Waals surface area contributed by atoms with Gasteiger partial charge in [0, 0.05) is 0 Å². The number of para-hydroxylation sites is 2. The van der Waals surface area contributed by atoms with Crippen molar-refractivity contribution in [1.29, 1.82) is 0 Å². The van der Waals surface area contributed by atoms with Gasteiger partial charge in [-0.05, 0) is 49.6 Å². The van der Waals surface area contributed by atoms with Crippen LogP contribution in [0.1, 0.15) is 50.9 Å². The number of ether oxygens (including phenoxy) is 1. The van der Waals surface area contributed by atoms with Gasteiger partial charge in [0.2, 0.25) is 0 Å². The third-order valence-corrected chi connectivity index (χ3v) is 6.47. The Hall–Kier alpha value is -3.97. The number of carbonyl (C=O) groups is 1. The fourth-order valence-corrected chi connectivity index (χ4v) is 4.47. The summed E-state index contributed by atoms with van der Waals surface area (Å²) in [6.45, 7) is 5.46. The lowest BCUT2D eigenvalue weighted by Gasteiger charge is -2.34. The van der Waals surface area contributed by atoms with Crippen molar-refractivity contribution in [3.8, 4) is 5.75 Å². The number of hydrogen-bond donors (Lipinski definition) is 2. The number of aliphatic hydroxyl groups is 1. The molecule has 0 bridgehead atoms. The molecule has 2 N–H and O–H groups in total. The molecule has 1 heterocycles. The Morgan fingerprint density at radius 3 is 2.22 bits per heavy atom. The van der Waals surface area contributed by atoms with Crippen molar-refractivity contribution in [2.45, 2.75) is 51.2 Å². The average molecular weight is 486 g/mol. The summed E-state index contributed by atoms with van der Waals surface area (Å²) >= 11 is 0. The second kappa shape index (κ2) is 10.7. The van der Waals surface area contributed by atoms with E-state index in [4.69, 9.17) is 9.72 Å². The van der Waals surface area contributed by atoms with Crippen LogP contribution < -0.4 is 15.7 Å². The molecule has 0 aliphatic rings. The molecule has 3 aromatic carbocycles. The molecule has 1 aromatic heterocycles. The Morgan fingerprint density at radius 2 is 1.58 bits per heavy atom. The Bertz CT molecular complexity index is 1380. The first-order chi connectivity index (χ1) is 17.4. The summed E-state index contributed by atoms with van der Waals surface area (Å²) in [7, 11) is 0. The van der Waals surface area contributed by atoms with Gasteiger partial charge in [-0.3, -0.25) is 15.0 Å². The number of fused-ring (bicyclic) bond motifs is 1. The van der Waals surface area contributed by atoms with Gasteiger partial charge < -0.3 is 9.84 Å². The van der Waals surface area contributed by atoms with E-state index < -0.39 is 29.1 Å². The predicted molar refractivity (Wildman–Crippen MR) is 141 cm³/mol. The van der Waals surface area contributed by atoms with Gasteiger partial charge in [0.1, 0.15) is 11.6 Å². The van der Waals surface area contributed by atoms with E-state index in [0.29, 0.717) is 35.1 Å². The van der Waals surface area contributed by atoms with Gasteiger partial charge in [-0.2, -0.15) is 0 Å². The summed E-state index contributed by atoms with van der Waals surface area (Å²) in [6, 6.07) is 25.3. The molecule has 7 heteroatoms. The van der Waals surface area contributed by atoms with Crippen molar-refractivity contribution in [3.05, 3.63) is 107 Å². The van der Waals surface area contributed by atoms with Crippen LogP contribution in [0.3, 0.4) is 0 Å². The SMILES string of the molecule is CCC(Oc1ccccc1)C(=O)Nn1c(C(CC)C(C)(O)c2ccccc2)nc2ccccc2c1=O. The zero-order valence-electron chi connectivity index (χ0n) is 20.7. The van der Waals surface area contributed by atoms with Gasteiger partial charge in [-0.1, -0.05) is 74.5 Å². The topological polar surface area (TPSA) is 93.4 Å². The second-order valence-corrected chi connectivity index (χ2v) is 8.91. The molecule has 7 nitrogen and oxygen atoms in total. The Balaban J connectivity index is 1.79. The minimum atomic E-state index is -1.35. The Labute approximate surface area is 210 Å². The summed E-state index contributed by atoms with van der Waals surface area (Å²) < 4.78 is 7.06. The van der Waals surface area contributed by atoms with Gasteiger partial charge in [0.25, 0.3) is 11.5 Å². The molecule has 0 spiro atoms. The van der Waals surface area contributed by atoms with Crippen LogP contribution in [0, 0.1) is 0 Å². The quantitative estimate of drug-likeness (QED) is 0.358. The highest BCUT2D eigenvalue weighted by Gasteiger charge is 2.37. The molecular weight excluding hydrogens is 454 g/mol. The van der Waals surface area contributed by atoms with Gasteiger partial charge >= 0.3 is 0 Å². The third-order valence-electron chi connectivity index (χ3n) is 6.47. The summed E-state index contributed by atoms with van der Waals surface area (Å²) in [5, 5.41) is 12.0.